The van der Waals surface area contributed by atoms with E-state index in [4.69, 9.17) is 6.42 Å². The molecule has 0 aliphatic heterocycles. The van der Waals surface area contributed by atoms with Gasteiger partial charge in [0, 0.05) is 24.4 Å². The molecule has 0 radical (unpaired) electrons. The Labute approximate surface area is 204 Å². The summed E-state index contributed by atoms with van der Waals surface area (Å²) in [6.45, 7) is -0.160. The topological polar surface area (TPSA) is 101 Å². The number of halogens is 4. The Bertz CT molecular complexity index is 1470. The van der Waals surface area contributed by atoms with Crippen LogP contribution >= 0.6 is 0 Å². The first-order valence-electron chi connectivity index (χ1n) is 10.1. The molecule has 1 aromatic carbocycles. The fourth-order valence-corrected chi connectivity index (χ4v) is 3.63. The summed E-state index contributed by atoms with van der Waals surface area (Å²) in [4.78, 5) is 20.0. The van der Waals surface area contributed by atoms with Crippen molar-refractivity contribution >= 4 is 27.7 Å². The van der Waals surface area contributed by atoms with Crippen molar-refractivity contribution in [3.63, 3.8) is 0 Å². The predicted octanol–water partition coefficient (Wildman–Crippen LogP) is 3.98. The third-order valence-electron chi connectivity index (χ3n) is 4.60. The van der Waals surface area contributed by atoms with E-state index in [0.29, 0.717) is 0 Å². The fourth-order valence-electron chi connectivity index (χ4n) is 3.05. The summed E-state index contributed by atoms with van der Waals surface area (Å²) in [6, 6.07) is 8.98. The highest BCUT2D eigenvalue weighted by atomic mass is 32.2. The van der Waals surface area contributed by atoms with Crippen molar-refractivity contribution < 1.29 is 30.8 Å². The summed E-state index contributed by atoms with van der Waals surface area (Å²) in [6.07, 6.45) is 5.28. The van der Waals surface area contributed by atoms with Gasteiger partial charge < -0.3 is 5.32 Å². The zero-order chi connectivity index (χ0) is 26.5. The van der Waals surface area contributed by atoms with Gasteiger partial charge in [-0.05, 0) is 42.0 Å². The zero-order valence-electron chi connectivity index (χ0n) is 18.6. The average molecular weight is 518 g/mol. The maximum absolute atomic E-state index is 14.4. The van der Waals surface area contributed by atoms with Gasteiger partial charge in [0.2, 0.25) is 15.9 Å². The van der Waals surface area contributed by atoms with Crippen LogP contribution in [0.15, 0.2) is 54.7 Å². The lowest BCUT2D eigenvalue weighted by Gasteiger charge is -2.11. The van der Waals surface area contributed by atoms with Crippen LogP contribution in [0, 0.1) is 18.2 Å². The largest absolute Gasteiger partial charge is 0.433 e. The lowest BCUT2D eigenvalue weighted by atomic mass is 10.1. The number of anilines is 1. The summed E-state index contributed by atoms with van der Waals surface area (Å²) in [5, 5.41) is 2.49. The molecule has 0 saturated carbocycles. The molecule has 1 amide bonds. The van der Waals surface area contributed by atoms with Crippen LogP contribution < -0.4 is 10.0 Å². The first-order chi connectivity index (χ1) is 16.9. The number of nitrogens with zero attached hydrogens (tertiary/aromatic N) is 2. The van der Waals surface area contributed by atoms with E-state index in [0.717, 1.165) is 24.5 Å². The molecule has 2 N–H and O–H groups in total. The number of carbonyl (C=O) groups is 1. The number of pyridine rings is 2. The highest BCUT2D eigenvalue weighted by molar-refractivity contribution is 7.92. The van der Waals surface area contributed by atoms with Gasteiger partial charge >= 0.3 is 6.18 Å². The maximum atomic E-state index is 14.4. The lowest BCUT2D eigenvalue weighted by Crippen LogP contribution is -2.21. The number of hydrogen-bond donors (Lipinski definition) is 2. The lowest BCUT2D eigenvalue weighted by molar-refractivity contribution is -0.141. The summed E-state index contributed by atoms with van der Waals surface area (Å²) in [7, 11) is -3.78. The molecule has 0 atom stereocenters. The van der Waals surface area contributed by atoms with Crippen LogP contribution in [0.2, 0.25) is 0 Å². The Hall–Kier alpha value is -4.24. The molecule has 0 unspecified atom stereocenters. The van der Waals surface area contributed by atoms with Gasteiger partial charge in [0.15, 0.2) is 0 Å². The van der Waals surface area contributed by atoms with Crippen LogP contribution in [0.5, 0.6) is 0 Å². The number of amides is 1. The predicted molar refractivity (Wildman–Crippen MR) is 126 cm³/mol. The average Bonchev–Trinajstić information content (AvgIpc) is 2.82. The number of rotatable bonds is 7. The molecule has 2 heterocycles. The smallest absolute Gasteiger partial charge is 0.348 e. The summed E-state index contributed by atoms with van der Waals surface area (Å²) >= 11 is 0. The zero-order valence-corrected chi connectivity index (χ0v) is 19.4. The highest BCUT2D eigenvalue weighted by Gasteiger charge is 2.33. The van der Waals surface area contributed by atoms with Gasteiger partial charge in [-0.2, -0.15) is 13.2 Å². The molecule has 186 valence electrons. The minimum absolute atomic E-state index is 0.0592. The number of nitrogens with one attached hydrogen (secondary N) is 2. The van der Waals surface area contributed by atoms with Crippen molar-refractivity contribution in [2.24, 2.45) is 0 Å². The molecule has 36 heavy (non-hydrogen) atoms. The SMILES string of the molecule is C#Cc1cc(CNC(=O)C=Cc2ccc(C(F)(F)F)nc2-c2ccccn2)cc(F)c1NS(C)(=O)=O. The first kappa shape index (κ1) is 26.4. The van der Waals surface area contributed by atoms with Gasteiger partial charge in [-0.15, -0.1) is 6.42 Å². The van der Waals surface area contributed by atoms with Crippen molar-refractivity contribution in [1.29, 1.82) is 0 Å². The van der Waals surface area contributed by atoms with Crippen molar-refractivity contribution in [2.45, 2.75) is 12.7 Å². The Morgan fingerprint density at radius 1 is 1.19 bits per heavy atom. The number of terminal acetylenes is 1. The Morgan fingerprint density at radius 3 is 2.56 bits per heavy atom. The molecular formula is C24H18F4N4O3S. The Kier molecular flexibility index (Phi) is 7.74. The highest BCUT2D eigenvalue weighted by Crippen LogP contribution is 2.31. The molecule has 2 aromatic heterocycles. The van der Waals surface area contributed by atoms with Gasteiger partial charge in [-0.1, -0.05) is 18.1 Å². The van der Waals surface area contributed by atoms with Gasteiger partial charge in [0.25, 0.3) is 0 Å². The monoisotopic (exact) mass is 518 g/mol. The van der Waals surface area contributed by atoms with Crippen LogP contribution in [0.25, 0.3) is 17.5 Å². The number of alkyl halides is 3. The van der Waals surface area contributed by atoms with E-state index in [1.54, 1.807) is 12.1 Å². The number of sulfonamides is 1. The number of hydrogen-bond acceptors (Lipinski definition) is 5. The molecule has 7 nitrogen and oxygen atoms in total. The summed E-state index contributed by atoms with van der Waals surface area (Å²) < 4.78 is 78.7. The van der Waals surface area contributed by atoms with Crippen LogP contribution in [0.3, 0.4) is 0 Å². The Morgan fingerprint density at radius 2 is 1.94 bits per heavy atom. The van der Waals surface area contributed by atoms with E-state index in [1.807, 2.05) is 4.72 Å². The molecule has 0 bridgehead atoms. The van der Waals surface area contributed by atoms with Crippen LogP contribution in [-0.4, -0.2) is 30.5 Å². The normalized spacial score (nSPS) is 11.8. The van der Waals surface area contributed by atoms with E-state index >= 15 is 0 Å². The van der Waals surface area contributed by atoms with Gasteiger partial charge in [-0.25, -0.2) is 17.8 Å². The van der Waals surface area contributed by atoms with Crippen molar-refractivity contribution in [3.8, 4) is 23.7 Å². The standard InChI is InChI=1S/C24H18F4N4O3S/c1-3-16-12-15(13-18(25)22(16)32-36(2,34)35)14-30-21(33)10-8-17-7-9-20(24(26,27)28)31-23(17)19-6-4-5-11-29-19/h1,4-13,32H,14H2,2H3,(H,30,33). The van der Waals surface area contributed by atoms with Gasteiger partial charge in [0.05, 0.1) is 28.9 Å². The molecule has 12 heteroatoms. The van der Waals surface area contributed by atoms with Gasteiger partial charge in [0.1, 0.15) is 11.5 Å². The first-order valence-corrected chi connectivity index (χ1v) is 12.0. The van der Waals surface area contributed by atoms with E-state index < -0.39 is 33.6 Å². The van der Waals surface area contributed by atoms with E-state index in [-0.39, 0.29) is 40.3 Å². The summed E-state index contributed by atoms with van der Waals surface area (Å²) in [5.74, 6) is 0.623. The van der Waals surface area contributed by atoms with Crippen LogP contribution in [0.1, 0.15) is 22.4 Å². The van der Waals surface area contributed by atoms with E-state index in [9.17, 15) is 30.8 Å². The molecule has 0 aliphatic rings. The number of carbonyl (C=O) groups excluding carboxylic acids is 1. The van der Waals surface area contributed by atoms with Crippen molar-refractivity contribution in [2.75, 3.05) is 11.0 Å². The van der Waals surface area contributed by atoms with Gasteiger partial charge in [-0.3, -0.25) is 14.5 Å². The van der Waals surface area contributed by atoms with Crippen molar-refractivity contribution in [3.05, 3.63) is 82.9 Å². The molecule has 0 fully saturated rings. The van der Waals surface area contributed by atoms with Crippen LogP contribution in [-0.2, 0) is 27.5 Å². The molecule has 0 spiro atoms. The Balaban J connectivity index is 1.80. The van der Waals surface area contributed by atoms with E-state index in [1.165, 1.54) is 30.5 Å². The third kappa shape index (κ3) is 6.89. The molecular weight excluding hydrogens is 500 g/mol. The molecule has 3 rings (SSSR count). The minimum Gasteiger partial charge on any atom is -0.348 e. The minimum atomic E-state index is -4.66. The second-order valence-electron chi connectivity index (χ2n) is 7.42. The third-order valence-corrected chi connectivity index (χ3v) is 5.17. The summed E-state index contributed by atoms with van der Waals surface area (Å²) in [5.41, 5.74) is -0.957. The number of aromatic nitrogens is 2. The maximum Gasteiger partial charge on any atom is 0.433 e. The van der Waals surface area contributed by atoms with Crippen molar-refractivity contribution in [1.82, 2.24) is 15.3 Å². The molecule has 0 aliphatic carbocycles. The van der Waals surface area contributed by atoms with E-state index in [2.05, 4.69) is 21.2 Å². The van der Waals surface area contributed by atoms with Crippen LogP contribution in [0.4, 0.5) is 23.2 Å². The molecule has 3 aromatic rings. The second kappa shape index (κ2) is 10.6. The fraction of sp³-hybridized carbons (Fsp3) is 0.125. The number of benzene rings is 1. The molecule has 0 saturated heterocycles. The quantitative estimate of drug-likeness (QED) is 0.280. The second-order valence-corrected chi connectivity index (χ2v) is 9.17.